The molecule has 3 N–H and O–H groups in total. The van der Waals surface area contributed by atoms with Crippen molar-refractivity contribution in [1.29, 1.82) is 0 Å². The van der Waals surface area contributed by atoms with Crippen LogP contribution < -0.4 is 5.73 Å². The first-order chi connectivity index (χ1) is 9.34. The molecular formula is C14H19BrN2O3. The molecule has 1 aliphatic heterocycles. The SMILES string of the molecule is CC1(C)CN(C(=O)c2cccc(N)c2Br)CC(CO)O1. The Bertz CT molecular complexity index is 519. The lowest BCUT2D eigenvalue weighted by molar-refractivity contribution is -0.139. The number of hydrogen-bond acceptors (Lipinski definition) is 4. The van der Waals surface area contributed by atoms with E-state index in [1.54, 1.807) is 23.1 Å². The van der Waals surface area contributed by atoms with E-state index in [1.807, 2.05) is 13.8 Å². The van der Waals surface area contributed by atoms with Crippen LogP contribution >= 0.6 is 15.9 Å². The topological polar surface area (TPSA) is 75.8 Å². The van der Waals surface area contributed by atoms with Crippen molar-refractivity contribution in [3.63, 3.8) is 0 Å². The van der Waals surface area contributed by atoms with Crippen molar-refractivity contribution >= 4 is 27.5 Å². The third-order valence-corrected chi connectivity index (χ3v) is 4.12. The number of aliphatic hydroxyl groups excluding tert-OH is 1. The van der Waals surface area contributed by atoms with Gasteiger partial charge < -0.3 is 20.5 Å². The van der Waals surface area contributed by atoms with Gasteiger partial charge in [0.05, 0.1) is 28.3 Å². The number of carbonyl (C=O) groups excluding carboxylic acids is 1. The van der Waals surface area contributed by atoms with Crippen LogP contribution in [-0.4, -0.2) is 47.3 Å². The molecule has 0 bridgehead atoms. The van der Waals surface area contributed by atoms with Gasteiger partial charge in [-0.3, -0.25) is 4.79 Å². The Hall–Kier alpha value is -1.11. The van der Waals surface area contributed by atoms with Gasteiger partial charge in [0.25, 0.3) is 5.91 Å². The highest BCUT2D eigenvalue weighted by Crippen LogP contribution is 2.27. The molecule has 0 radical (unpaired) electrons. The number of halogens is 1. The van der Waals surface area contributed by atoms with Gasteiger partial charge in [0.15, 0.2) is 0 Å². The van der Waals surface area contributed by atoms with Crippen LogP contribution in [0.4, 0.5) is 5.69 Å². The fourth-order valence-corrected chi connectivity index (χ4v) is 2.86. The summed E-state index contributed by atoms with van der Waals surface area (Å²) in [6.07, 6.45) is -0.359. The molecule has 20 heavy (non-hydrogen) atoms. The lowest BCUT2D eigenvalue weighted by Gasteiger charge is -2.42. The molecule has 2 rings (SSSR count). The minimum atomic E-state index is -0.478. The molecule has 1 fully saturated rings. The van der Waals surface area contributed by atoms with Crippen LogP contribution in [-0.2, 0) is 4.74 Å². The minimum absolute atomic E-state index is 0.106. The zero-order valence-corrected chi connectivity index (χ0v) is 13.2. The molecule has 1 heterocycles. The van der Waals surface area contributed by atoms with Crippen molar-refractivity contribution in [1.82, 2.24) is 4.90 Å². The third-order valence-electron chi connectivity index (χ3n) is 3.23. The Morgan fingerprint density at radius 2 is 2.30 bits per heavy atom. The number of nitrogen functional groups attached to an aromatic ring is 1. The molecule has 1 aromatic rings. The molecule has 6 heteroatoms. The van der Waals surface area contributed by atoms with Gasteiger partial charge in [0, 0.05) is 18.8 Å². The number of rotatable bonds is 2. The highest BCUT2D eigenvalue weighted by molar-refractivity contribution is 9.10. The van der Waals surface area contributed by atoms with Crippen LogP contribution in [0.1, 0.15) is 24.2 Å². The standard InChI is InChI=1S/C14H19BrN2O3/c1-14(2)8-17(6-9(7-18)20-14)13(19)10-4-3-5-11(16)12(10)15/h3-5,9,18H,6-8,16H2,1-2H3. The molecule has 1 aliphatic rings. The molecule has 1 atom stereocenters. The maximum atomic E-state index is 12.6. The molecule has 0 spiro atoms. The van der Waals surface area contributed by atoms with E-state index in [2.05, 4.69) is 15.9 Å². The molecule has 5 nitrogen and oxygen atoms in total. The van der Waals surface area contributed by atoms with Gasteiger partial charge in [-0.1, -0.05) is 6.07 Å². The number of morpholine rings is 1. The third kappa shape index (κ3) is 3.13. The van der Waals surface area contributed by atoms with Gasteiger partial charge in [-0.15, -0.1) is 0 Å². The summed E-state index contributed by atoms with van der Waals surface area (Å²) in [7, 11) is 0. The Morgan fingerprint density at radius 3 is 2.95 bits per heavy atom. The average Bonchev–Trinajstić information content (AvgIpc) is 2.39. The number of nitrogens with two attached hydrogens (primary N) is 1. The minimum Gasteiger partial charge on any atom is -0.398 e. The number of ether oxygens (including phenoxy) is 1. The summed E-state index contributed by atoms with van der Waals surface area (Å²) in [5.41, 5.74) is 6.39. The normalized spacial score (nSPS) is 21.8. The van der Waals surface area contributed by atoms with E-state index in [9.17, 15) is 9.90 Å². The zero-order valence-electron chi connectivity index (χ0n) is 11.6. The molecule has 1 unspecified atom stereocenters. The Balaban J connectivity index is 2.26. The van der Waals surface area contributed by atoms with E-state index in [1.165, 1.54) is 0 Å². The van der Waals surface area contributed by atoms with Crippen molar-refractivity contribution in [3.05, 3.63) is 28.2 Å². The summed E-state index contributed by atoms with van der Waals surface area (Å²) >= 11 is 3.36. The number of nitrogens with zero attached hydrogens (tertiary/aromatic N) is 1. The van der Waals surface area contributed by atoms with E-state index < -0.39 is 5.60 Å². The van der Waals surface area contributed by atoms with Gasteiger partial charge in [-0.2, -0.15) is 0 Å². The molecule has 110 valence electrons. The maximum absolute atomic E-state index is 12.6. The van der Waals surface area contributed by atoms with Crippen LogP contribution in [0.15, 0.2) is 22.7 Å². The van der Waals surface area contributed by atoms with Crippen LogP contribution in [0.5, 0.6) is 0 Å². The number of hydrogen-bond donors (Lipinski definition) is 2. The van der Waals surface area contributed by atoms with Crippen molar-refractivity contribution in [2.75, 3.05) is 25.4 Å². The summed E-state index contributed by atoms with van der Waals surface area (Å²) < 4.78 is 6.32. The summed E-state index contributed by atoms with van der Waals surface area (Å²) in [4.78, 5) is 14.3. The van der Waals surface area contributed by atoms with Crippen molar-refractivity contribution in [2.45, 2.75) is 25.6 Å². The van der Waals surface area contributed by atoms with E-state index in [4.69, 9.17) is 10.5 Å². The molecule has 0 aromatic heterocycles. The van der Waals surface area contributed by atoms with E-state index in [0.29, 0.717) is 28.8 Å². The smallest absolute Gasteiger partial charge is 0.255 e. The van der Waals surface area contributed by atoms with Gasteiger partial charge in [-0.25, -0.2) is 0 Å². The predicted octanol–water partition coefficient (Wildman–Crippen LogP) is 1.64. The van der Waals surface area contributed by atoms with Gasteiger partial charge in [0.2, 0.25) is 0 Å². The quantitative estimate of drug-likeness (QED) is 0.801. The number of benzene rings is 1. The van der Waals surface area contributed by atoms with Crippen LogP contribution in [0, 0.1) is 0 Å². The predicted molar refractivity (Wildman–Crippen MR) is 80.5 cm³/mol. The molecular weight excluding hydrogens is 324 g/mol. The molecule has 1 saturated heterocycles. The van der Waals surface area contributed by atoms with Gasteiger partial charge in [0.1, 0.15) is 0 Å². The van der Waals surface area contributed by atoms with Crippen molar-refractivity contribution < 1.29 is 14.6 Å². The molecule has 1 amide bonds. The monoisotopic (exact) mass is 342 g/mol. The fraction of sp³-hybridized carbons (Fsp3) is 0.500. The highest BCUT2D eigenvalue weighted by Gasteiger charge is 2.36. The van der Waals surface area contributed by atoms with Gasteiger partial charge >= 0.3 is 0 Å². The Labute approximate surface area is 126 Å². The van der Waals surface area contributed by atoms with Crippen molar-refractivity contribution in [2.24, 2.45) is 0 Å². The lowest BCUT2D eigenvalue weighted by Crippen LogP contribution is -2.55. The van der Waals surface area contributed by atoms with E-state index >= 15 is 0 Å². The van der Waals surface area contributed by atoms with Gasteiger partial charge in [-0.05, 0) is 41.9 Å². The number of amides is 1. The second-order valence-corrected chi connectivity index (χ2v) is 6.37. The van der Waals surface area contributed by atoms with Crippen LogP contribution in [0.3, 0.4) is 0 Å². The summed E-state index contributed by atoms with van der Waals surface area (Å²) in [6.45, 7) is 4.56. The largest absolute Gasteiger partial charge is 0.398 e. The number of aliphatic hydroxyl groups is 1. The van der Waals surface area contributed by atoms with E-state index in [-0.39, 0.29) is 18.6 Å². The first-order valence-corrected chi connectivity index (χ1v) is 7.25. The first-order valence-electron chi connectivity index (χ1n) is 6.46. The highest BCUT2D eigenvalue weighted by atomic mass is 79.9. The number of anilines is 1. The Morgan fingerprint density at radius 1 is 1.60 bits per heavy atom. The summed E-state index contributed by atoms with van der Waals surface area (Å²) in [6, 6.07) is 5.22. The molecule has 0 aliphatic carbocycles. The lowest BCUT2D eigenvalue weighted by atomic mass is 10.0. The van der Waals surface area contributed by atoms with Crippen LogP contribution in [0.25, 0.3) is 0 Å². The summed E-state index contributed by atoms with van der Waals surface area (Å²) in [5, 5.41) is 9.30. The zero-order chi connectivity index (χ0) is 14.9. The first kappa shape index (κ1) is 15.3. The molecule has 0 saturated carbocycles. The number of carbonyl (C=O) groups is 1. The maximum Gasteiger partial charge on any atom is 0.255 e. The fourth-order valence-electron chi connectivity index (χ4n) is 2.43. The van der Waals surface area contributed by atoms with Crippen LogP contribution in [0.2, 0.25) is 0 Å². The average molecular weight is 343 g/mol. The second kappa shape index (κ2) is 5.71. The molecule has 1 aromatic carbocycles. The summed E-state index contributed by atoms with van der Waals surface area (Å²) in [5.74, 6) is -0.112. The Kier molecular flexibility index (Phi) is 4.36. The second-order valence-electron chi connectivity index (χ2n) is 5.58. The van der Waals surface area contributed by atoms with Crippen molar-refractivity contribution in [3.8, 4) is 0 Å². The van der Waals surface area contributed by atoms with E-state index in [0.717, 1.165) is 0 Å².